The van der Waals surface area contributed by atoms with Gasteiger partial charge in [0, 0.05) is 12.0 Å². The SMILES string of the molecule is COc1ccccc1C(=O)NCC1(c2ccccc2)CCc2c(cnn2S(=O)(=O)C(C)C)C1. The zero-order valence-corrected chi connectivity index (χ0v) is 19.9. The van der Waals surface area contributed by atoms with Gasteiger partial charge < -0.3 is 10.1 Å². The number of benzene rings is 2. The fraction of sp³-hybridized carbons (Fsp3) is 0.360. The number of fused-ring (bicyclic) bond motifs is 1. The van der Waals surface area contributed by atoms with Crippen LogP contribution in [0.5, 0.6) is 5.75 Å². The molecule has 7 nitrogen and oxygen atoms in total. The zero-order valence-electron chi connectivity index (χ0n) is 19.1. The van der Waals surface area contributed by atoms with E-state index in [9.17, 15) is 13.2 Å². The van der Waals surface area contributed by atoms with Gasteiger partial charge in [-0.2, -0.15) is 9.19 Å². The number of para-hydroxylation sites is 1. The Morgan fingerprint density at radius 1 is 1.15 bits per heavy atom. The van der Waals surface area contributed by atoms with Crippen LogP contribution < -0.4 is 10.1 Å². The Bertz CT molecular complexity index is 1250. The van der Waals surface area contributed by atoms with Crippen molar-refractivity contribution in [1.29, 1.82) is 0 Å². The Morgan fingerprint density at radius 3 is 2.55 bits per heavy atom. The van der Waals surface area contributed by atoms with Crippen LogP contribution >= 0.6 is 0 Å². The molecule has 33 heavy (non-hydrogen) atoms. The van der Waals surface area contributed by atoms with Crippen molar-refractivity contribution in [3.8, 4) is 5.75 Å². The van der Waals surface area contributed by atoms with Crippen LogP contribution in [0.2, 0.25) is 0 Å². The summed E-state index contributed by atoms with van der Waals surface area (Å²) >= 11 is 0. The zero-order chi connectivity index (χ0) is 23.6. The number of hydrogen-bond donors (Lipinski definition) is 1. The Morgan fingerprint density at radius 2 is 1.85 bits per heavy atom. The molecule has 1 aliphatic rings. The third-order valence-corrected chi connectivity index (χ3v) is 8.44. The van der Waals surface area contributed by atoms with Crippen LogP contribution in [0.4, 0.5) is 0 Å². The fourth-order valence-electron chi connectivity index (χ4n) is 4.49. The van der Waals surface area contributed by atoms with Crippen molar-refractivity contribution in [1.82, 2.24) is 14.5 Å². The van der Waals surface area contributed by atoms with Gasteiger partial charge in [0.05, 0.1) is 29.8 Å². The van der Waals surface area contributed by atoms with Gasteiger partial charge in [-0.1, -0.05) is 42.5 Å². The normalized spacial score (nSPS) is 18.1. The molecule has 1 atom stereocenters. The topological polar surface area (TPSA) is 90.3 Å². The van der Waals surface area contributed by atoms with Crippen molar-refractivity contribution in [2.45, 2.75) is 43.8 Å². The van der Waals surface area contributed by atoms with E-state index in [1.807, 2.05) is 24.3 Å². The predicted molar refractivity (Wildman–Crippen MR) is 127 cm³/mol. The van der Waals surface area contributed by atoms with Crippen LogP contribution in [0.15, 0.2) is 60.8 Å². The number of ether oxygens (including phenoxy) is 1. The summed E-state index contributed by atoms with van der Waals surface area (Å²) in [6.45, 7) is 3.73. The van der Waals surface area contributed by atoms with Gasteiger partial charge in [0.2, 0.25) is 0 Å². The largest absolute Gasteiger partial charge is 0.496 e. The minimum Gasteiger partial charge on any atom is -0.496 e. The molecule has 2 aromatic carbocycles. The maximum Gasteiger partial charge on any atom is 0.256 e. The molecule has 1 amide bonds. The molecule has 1 aromatic heterocycles. The van der Waals surface area contributed by atoms with Gasteiger partial charge >= 0.3 is 0 Å². The second-order valence-electron chi connectivity index (χ2n) is 8.76. The maximum absolute atomic E-state index is 13.0. The molecule has 1 aliphatic carbocycles. The summed E-state index contributed by atoms with van der Waals surface area (Å²) in [5, 5.41) is 6.79. The molecular weight excluding hydrogens is 438 g/mol. The third-order valence-electron chi connectivity index (χ3n) is 6.45. The summed E-state index contributed by atoms with van der Waals surface area (Å²) in [5.41, 5.74) is 2.86. The van der Waals surface area contributed by atoms with Crippen molar-refractivity contribution < 1.29 is 17.9 Å². The van der Waals surface area contributed by atoms with Crippen molar-refractivity contribution >= 4 is 15.9 Å². The van der Waals surface area contributed by atoms with E-state index in [1.165, 1.54) is 4.09 Å². The van der Waals surface area contributed by atoms with Crippen LogP contribution in [0.3, 0.4) is 0 Å². The van der Waals surface area contributed by atoms with Gasteiger partial charge in [-0.05, 0) is 56.4 Å². The second kappa shape index (κ2) is 9.02. The minimum atomic E-state index is -3.52. The standard InChI is InChI=1S/C25H29N3O4S/c1-18(2)33(30,31)28-22-13-14-25(15-19(22)16-27-28,20-9-5-4-6-10-20)17-26-24(29)21-11-7-8-12-23(21)32-3/h4-12,16,18H,13-15,17H2,1-3H3,(H,26,29). The summed E-state index contributed by atoms with van der Waals surface area (Å²) in [6, 6.07) is 17.2. The third kappa shape index (κ3) is 4.27. The van der Waals surface area contributed by atoms with E-state index in [-0.39, 0.29) is 11.3 Å². The Kier molecular flexibility index (Phi) is 6.30. The van der Waals surface area contributed by atoms with Gasteiger partial charge in [0.1, 0.15) is 5.75 Å². The molecule has 0 saturated carbocycles. The number of nitrogens with zero attached hydrogens (tertiary/aromatic N) is 2. The number of amides is 1. The predicted octanol–water partition coefficient (Wildman–Crippen LogP) is 3.33. The first-order chi connectivity index (χ1) is 15.8. The smallest absolute Gasteiger partial charge is 0.256 e. The molecule has 4 rings (SSSR count). The first-order valence-electron chi connectivity index (χ1n) is 11.1. The molecule has 0 aliphatic heterocycles. The second-order valence-corrected chi connectivity index (χ2v) is 11.1. The van der Waals surface area contributed by atoms with Gasteiger partial charge in [-0.25, -0.2) is 8.42 Å². The number of methoxy groups -OCH3 is 1. The van der Waals surface area contributed by atoms with Gasteiger partial charge in [0.25, 0.3) is 15.9 Å². The van der Waals surface area contributed by atoms with Crippen LogP contribution in [-0.4, -0.2) is 42.4 Å². The van der Waals surface area contributed by atoms with Crippen molar-refractivity contribution in [2.75, 3.05) is 13.7 Å². The van der Waals surface area contributed by atoms with Crippen LogP contribution in [0.1, 0.15) is 47.4 Å². The Hall–Kier alpha value is -3.13. The molecule has 1 heterocycles. The summed E-state index contributed by atoms with van der Waals surface area (Å²) in [4.78, 5) is 13.0. The van der Waals surface area contributed by atoms with E-state index in [4.69, 9.17) is 4.74 Å². The number of carbonyl (C=O) groups is 1. The molecular formula is C25H29N3O4S. The first kappa shape index (κ1) is 23.0. The van der Waals surface area contributed by atoms with E-state index in [1.54, 1.807) is 45.4 Å². The van der Waals surface area contributed by atoms with Crippen molar-refractivity contribution in [2.24, 2.45) is 0 Å². The van der Waals surface area contributed by atoms with Crippen molar-refractivity contribution in [3.05, 3.63) is 83.2 Å². The highest BCUT2D eigenvalue weighted by molar-refractivity contribution is 7.90. The van der Waals surface area contributed by atoms with E-state index >= 15 is 0 Å². The molecule has 0 bridgehead atoms. The summed E-state index contributed by atoms with van der Waals surface area (Å²) in [7, 11) is -1.98. The van der Waals surface area contributed by atoms with Crippen LogP contribution in [-0.2, 0) is 28.3 Å². The molecule has 1 unspecified atom stereocenters. The monoisotopic (exact) mass is 467 g/mol. The highest BCUT2D eigenvalue weighted by Crippen LogP contribution is 2.39. The summed E-state index contributed by atoms with van der Waals surface area (Å²) in [6.07, 6.45) is 3.50. The Labute approximate surface area is 194 Å². The average molecular weight is 468 g/mol. The molecule has 8 heteroatoms. The highest BCUT2D eigenvalue weighted by atomic mass is 32.2. The van der Waals surface area contributed by atoms with E-state index in [0.29, 0.717) is 37.1 Å². The van der Waals surface area contributed by atoms with Crippen LogP contribution in [0.25, 0.3) is 0 Å². The number of aromatic nitrogens is 2. The Balaban J connectivity index is 1.66. The molecule has 3 aromatic rings. The van der Waals surface area contributed by atoms with Crippen molar-refractivity contribution in [3.63, 3.8) is 0 Å². The van der Waals surface area contributed by atoms with E-state index in [0.717, 1.165) is 16.8 Å². The fourth-order valence-corrected chi connectivity index (χ4v) is 5.58. The highest BCUT2D eigenvalue weighted by Gasteiger charge is 2.39. The number of rotatable bonds is 7. The average Bonchev–Trinajstić information content (AvgIpc) is 3.26. The molecule has 0 fully saturated rings. The lowest BCUT2D eigenvalue weighted by atomic mass is 9.69. The lowest BCUT2D eigenvalue weighted by Gasteiger charge is -2.38. The molecule has 0 radical (unpaired) electrons. The molecule has 0 spiro atoms. The van der Waals surface area contributed by atoms with Gasteiger partial charge in [0.15, 0.2) is 0 Å². The lowest BCUT2D eigenvalue weighted by molar-refractivity contribution is 0.0937. The first-order valence-corrected chi connectivity index (χ1v) is 12.6. The van der Waals surface area contributed by atoms with E-state index in [2.05, 4.69) is 22.5 Å². The summed E-state index contributed by atoms with van der Waals surface area (Å²) in [5.74, 6) is 0.321. The molecule has 0 saturated heterocycles. The molecule has 174 valence electrons. The van der Waals surface area contributed by atoms with E-state index < -0.39 is 15.3 Å². The van der Waals surface area contributed by atoms with Gasteiger partial charge in [-0.3, -0.25) is 4.79 Å². The maximum atomic E-state index is 13.0. The molecule has 1 N–H and O–H groups in total. The van der Waals surface area contributed by atoms with Crippen LogP contribution in [0, 0.1) is 0 Å². The number of nitrogens with one attached hydrogen (secondary N) is 1. The minimum absolute atomic E-state index is 0.202. The van der Waals surface area contributed by atoms with Gasteiger partial charge in [-0.15, -0.1) is 0 Å². The number of carbonyl (C=O) groups excluding carboxylic acids is 1. The lowest BCUT2D eigenvalue weighted by Crippen LogP contribution is -2.45. The number of hydrogen-bond acceptors (Lipinski definition) is 5. The quantitative estimate of drug-likeness (QED) is 0.576. The summed E-state index contributed by atoms with van der Waals surface area (Å²) < 4.78 is 32.1.